The van der Waals surface area contributed by atoms with Crippen LogP contribution >= 0.6 is 0 Å². The molecule has 0 unspecified atom stereocenters. The Hall–Kier alpha value is -1.06. The molecule has 2 N–H and O–H groups in total. The van der Waals surface area contributed by atoms with Crippen molar-refractivity contribution < 1.29 is 0 Å². The summed E-state index contributed by atoms with van der Waals surface area (Å²) in [5, 5.41) is 8.25. The van der Waals surface area contributed by atoms with Crippen LogP contribution in [0.15, 0.2) is 0 Å². The minimum atomic E-state index is 0.559. The van der Waals surface area contributed by atoms with Crippen molar-refractivity contribution in [3.8, 4) is 0 Å². The Kier molecular flexibility index (Phi) is 2.70. The third-order valence-corrected chi connectivity index (χ3v) is 3.09. The second-order valence-corrected chi connectivity index (χ2v) is 4.01. The van der Waals surface area contributed by atoms with Crippen LogP contribution in [0.4, 0.5) is 5.82 Å². The lowest BCUT2D eigenvalue weighted by molar-refractivity contribution is 0.437. The van der Waals surface area contributed by atoms with E-state index in [1.54, 1.807) is 4.68 Å². The van der Waals surface area contributed by atoms with Crippen LogP contribution in [0.2, 0.25) is 0 Å². The predicted octanol–water partition coefficient (Wildman–Crippen LogP) is 1.93. The van der Waals surface area contributed by atoms with Crippen molar-refractivity contribution in [1.82, 2.24) is 15.0 Å². The smallest absolute Gasteiger partial charge is 0.145 e. The van der Waals surface area contributed by atoms with E-state index in [0.29, 0.717) is 5.92 Å². The summed E-state index contributed by atoms with van der Waals surface area (Å²) in [6.07, 6.45) is 6.43. The van der Waals surface area contributed by atoms with Gasteiger partial charge in [0.2, 0.25) is 0 Å². The lowest BCUT2D eigenvalue weighted by Crippen LogP contribution is -2.09. The van der Waals surface area contributed by atoms with Crippen molar-refractivity contribution >= 4 is 5.82 Å². The normalized spacial score (nSPS) is 18.6. The predicted molar refractivity (Wildman–Crippen MR) is 55.9 cm³/mol. The number of nitrogen functional groups attached to an aromatic ring is 1. The average Bonchev–Trinajstić information content (AvgIpc) is 2.61. The van der Waals surface area contributed by atoms with E-state index in [2.05, 4.69) is 10.3 Å². The highest BCUT2D eigenvalue weighted by atomic mass is 15.4. The average molecular weight is 194 g/mol. The van der Waals surface area contributed by atoms with Crippen molar-refractivity contribution in [2.45, 2.75) is 51.5 Å². The molecule has 0 aromatic carbocycles. The van der Waals surface area contributed by atoms with Crippen molar-refractivity contribution in [1.29, 1.82) is 0 Å². The number of hydrogen-bond donors (Lipinski definition) is 1. The van der Waals surface area contributed by atoms with Gasteiger partial charge in [0.25, 0.3) is 0 Å². The van der Waals surface area contributed by atoms with Gasteiger partial charge in [-0.25, -0.2) is 4.68 Å². The van der Waals surface area contributed by atoms with Gasteiger partial charge in [-0.15, -0.1) is 5.10 Å². The van der Waals surface area contributed by atoms with Gasteiger partial charge < -0.3 is 5.73 Å². The van der Waals surface area contributed by atoms with Crippen LogP contribution in [-0.4, -0.2) is 15.0 Å². The Morgan fingerprint density at radius 2 is 2.07 bits per heavy atom. The molecule has 1 saturated carbocycles. The highest BCUT2D eigenvalue weighted by Crippen LogP contribution is 2.33. The summed E-state index contributed by atoms with van der Waals surface area (Å²) >= 11 is 0. The third-order valence-electron chi connectivity index (χ3n) is 3.09. The Morgan fingerprint density at radius 1 is 1.36 bits per heavy atom. The Bertz CT molecular complexity index is 299. The lowest BCUT2D eigenvalue weighted by atomic mass is 9.87. The first kappa shape index (κ1) is 9.49. The van der Waals surface area contributed by atoms with E-state index in [9.17, 15) is 0 Å². The highest BCUT2D eigenvalue weighted by Gasteiger charge is 2.21. The minimum absolute atomic E-state index is 0.559. The molecule has 0 saturated heterocycles. The van der Waals surface area contributed by atoms with Gasteiger partial charge in [0.15, 0.2) is 0 Å². The van der Waals surface area contributed by atoms with Crippen LogP contribution in [0.1, 0.15) is 50.6 Å². The van der Waals surface area contributed by atoms with Crippen molar-refractivity contribution in [3.63, 3.8) is 0 Å². The van der Waals surface area contributed by atoms with Gasteiger partial charge in [0, 0.05) is 12.5 Å². The molecule has 2 rings (SSSR count). The largest absolute Gasteiger partial charge is 0.382 e. The summed E-state index contributed by atoms with van der Waals surface area (Å²) < 4.78 is 1.78. The minimum Gasteiger partial charge on any atom is -0.382 e. The quantitative estimate of drug-likeness (QED) is 0.782. The number of hydrogen-bond acceptors (Lipinski definition) is 3. The molecule has 0 spiro atoms. The monoisotopic (exact) mass is 194 g/mol. The van der Waals surface area contributed by atoms with Crippen LogP contribution < -0.4 is 5.73 Å². The molecule has 0 atom stereocenters. The molecule has 0 amide bonds. The Balaban J connectivity index is 2.18. The molecule has 0 radical (unpaired) electrons. The van der Waals surface area contributed by atoms with E-state index in [-0.39, 0.29) is 0 Å². The molecule has 1 aromatic rings. The van der Waals surface area contributed by atoms with Gasteiger partial charge in [-0.05, 0) is 19.8 Å². The maximum atomic E-state index is 5.98. The van der Waals surface area contributed by atoms with Crippen molar-refractivity contribution in [3.05, 3.63) is 5.69 Å². The zero-order valence-electron chi connectivity index (χ0n) is 8.74. The molecule has 1 fully saturated rings. The summed E-state index contributed by atoms with van der Waals surface area (Å²) in [6, 6.07) is 0. The summed E-state index contributed by atoms with van der Waals surface area (Å²) in [6.45, 7) is 2.85. The summed E-state index contributed by atoms with van der Waals surface area (Å²) in [5.41, 5.74) is 7.02. The number of aryl methyl sites for hydroxylation is 1. The molecule has 78 valence electrons. The van der Waals surface area contributed by atoms with Gasteiger partial charge in [0.1, 0.15) is 11.5 Å². The Morgan fingerprint density at radius 3 is 2.64 bits per heavy atom. The van der Waals surface area contributed by atoms with E-state index < -0.39 is 0 Å². The zero-order chi connectivity index (χ0) is 9.97. The summed E-state index contributed by atoms with van der Waals surface area (Å²) in [7, 11) is 0. The van der Waals surface area contributed by atoms with Gasteiger partial charge in [-0.1, -0.05) is 24.5 Å². The molecule has 0 aliphatic heterocycles. The molecular formula is C10H18N4. The van der Waals surface area contributed by atoms with Gasteiger partial charge in [-0.3, -0.25) is 0 Å². The number of nitrogens with zero attached hydrogens (tertiary/aromatic N) is 3. The summed E-state index contributed by atoms with van der Waals surface area (Å²) in [5.74, 6) is 1.34. The first-order chi connectivity index (χ1) is 6.83. The molecule has 1 aliphatic carbocycles. The first-order valence-electron chi connectivity index (χ1n) is 5.51. The fourth-order valence-electron chi connectivity index (χ4n) is 2.23. The molecule has 4 nitrogen and oxygen atoms in total. The van der Waals surface area contributed by atoms with Crippen molar-refractivity contribution in [2.24, 2.45) is 0 Å². The SMILES string of the molecule is CCn1nnc(C2CCCCC2)c1N. The van der Waals surface area contributed by atoms with Crippen LogP contribution in [0.3, 0.4) is 0 Å². The van der Waals surface area contributed by atoms with Gasteiger partial charge in [-0.2, -0.15) is 0 Å². The third kappa shape index (κ3) is 1.61. The van der Waals surface area contributed by atoms with E-state index in [1.165, 1.54) is 32.1 Å². The van der Waals surface area contributed by atoms with Crippen LogP contribution in [0.25, 0.3) is 0 Å². The van der Waals surface area contributed by atoms with Crippen LogP contribution in [0, 0.1) is 0 Å². The fraction of sp³-hybridized carbons (Fsp3) is 0.800. The maximum Gasteiger partial charge on any atom is 0.145 e. The molecular weight excluding hydrogens is 176 g/mol. The van der Waals surface area contributed by atoms with Gasteiger partial charge >= 0.3 is 0 Å². The number of rotatable bonds is 2. The molecule has 1 heterocycles. The maximum absolute atomic E-state index is 5.98. The van der Waals surface area contributed by atoms with Crippen LogP contribution in [-0.2, 0) is 6.54 Å². The number of nitrogens with two attached hydrogens (primary N) is 1. The molecule has 0 bridgehead atoms. The first-order valence-corrected chi connectivity index (χ1v) is 5.51. The number of anilines is 1. The molecule has 14 heavy (non-hydrogen) atoms. The number of aromatic nitrogens is 3. The van der Waals surface area contributed by atoms with E-state index in [4.69, 9.17) is 5.73 Å². The van der Waals surface area contributed by atoms with Crippen molar-refractivity contribution in [2.75, 3.05) is 5.73 Å². The van der Waals surface area contributed by atoms with Gasteiger partial charge in [0.05, 0.1) is 0 Å². The second-order valence-electron chi connectivity index (χ2n) is 4.01. The van der Waals surface area contributed by atoms with E-state index >= 15 is 0 Å². The van der Waals surface area contributed by atoms with Crippen LogP contribution in [0.5, 0.6) is 0 Å². The topological polar surface area (TPSA) is 56.7 Å². The summed E-state index contributed by atoms with van der Waals surface area (Å²) in [4.78, 5) is 0. The van der Waals surface area contributed by atoms with E-state index in [1.807, 2.05) is 6.92 Å². The zero-order valence-corrected chi connectivity index (χ0v) is 8.74. The second kappa shape index (κ2) is 3.98. The highest BCUT2D eigenvalue weighted by molar-refractivity contribution is 5.36. The Labute approximate surface area is 84.5 Å². The van der Waals surface area contributed by atoms with E-state index in [0.717, 1.165) is 18.1 Å². The molecule has 1 aromatic heterocycles. The fourth-order valence-corrected chi connectivity index (χ4v) is 2.23. The molecule has 4 heteroatoms. The standard InChI is InChI=1S/C10H18N4/c1-2-14-10(11)9(12-13-14)8-6-4-3-5-7-8/h8H,2-7,11H2,1H3. The lowest BCUT2D eigenvalue weighted by Gasteiger charge is -2.19. The molecule has 1 aliphatic rings.